The van der Waals surface area contributed by atoms with E-state index in [2.05, 4.69) is 15.5 Å². The largest absolute Gasteiger partial charge is 0.467 e. The van der Waals surface area contributed by atoms with E-state index < -0.39 is 0 Å². The maximum absolute atomic E-state index is 12.9. The lowest BCUT2D eigenvalue weighted by Crippen LogP contribution is -2.38. The summed E-state index contributed by atoms with van der Waals surface area (Å²) in [5.41, 5.74) is 2.26. The summed E-state index contributed by atoms with van der Waals surface area (Å²) in [5, 5.41) is 7.27. The van der Waals surface area contributed by atoms with Crippen molar-refractivity contribution >= 4 is 23.6 Å². The van der Waals surface area contributed by atoms with Crippen LogP contribution < -0.4 is 5.32 Å². The molecule has 0 saturated carbocycles. The first kappa shape index (κ1) is 20.7. The van der Waals surface area contributed by atoms with Gasteiger partial charge in [-0.3, -0.25) is 9.59 Å². The SMILES string of the molecule is Cc1noc(C)c1CSc1ncccc1C(=O)N(C)CC(=O)NCc1ccco1. The highest BCUT2D eigenvalue weighted by Gasteiger charge is 2.20. The number of aryl methyl sites for hydroxylation is 2. The molecule has 3 heterocycles. The van der Waals surface area contributed by atoms with Gasteiger partial charge in [0.25, 0.3) is 5.91 Å². The van der Waals surface area contributed by atoms with Crippen LogP contribution in [0.5, 0.6) is 0 Å². The molecule has 0 unspecified atom stereocenters. The summed E-state index contributed by atoms with van der Waals surface area (Å²) in [5.74, 6) is 1.45. The summed E-state index contributed by atoms with van der Waals surface area (Å²) in [6, 6.07) is 6.94. The van der Waals surface area contributed by atoms with Crippen LogP contribution in [0, 0.1) is 13.8 Å². The summed E-state index contributed by atoms with van der Waals surface area (Å²) >= 11 is 1.43. The molecular formula is C20H22N4O4S. The van der Waals surface area contributed by atoms with Crippen LogP contribution in [0.4, 0.5) is 0 Å². The van der Waals surface area contributed by atoms with Gasteiger partial charge >= 0.3 is 0 Å². The molecule has 0 aliphatic carbocycles. The van der Waals surface area contributed by atoms with Crippen molar-refractivity contribution in [2.75, 3.05) is 13.6 Å². The fraction of sp³-hybridized carbons (Fsp3) is 0.300. The Balaban J connectivity index is 1.61. The van der Waals surface area contributed by atoms with Gasteiger partial charge in [0.15, 0.2) is 0 Å². The second-order valence-electron chi connectivity index (χ2n) is 6.46. The minimum absolute atomic E-state index is 0.0671. The maximum Gasteiger partial charge on any atom is 0.256 e. The number of thioether (sulfide) groups is 1. The third kappa shape index (κ3) is 5.26. The number of nitrogens with one attached hydrogen (secondary N) is 1. The second kappa shape index (κ2) is 9.42. The highest BCUT2D eigenvalue weighted by Crippen LogP contribution is 2.27. The van der Waals surface area contributed by atoms with Crippen LogP contribution in [0.15, 0.2) is 50.7 Å². The minimum atomic E-state index is -0.272. The number of hydrogen-bond donors (Lipinski definition) is 1. The van der Waals surface area contributed by atoms with Crippen LogP contribution in [0.1, 0.15) is 33.1 Å². The van der Waals surface area contributed by atoms with Crippen molar-refractivity contribution in [2.45, 2.75) is 31.2 Å². The van der Waals surface area contributed by atoms with Gasteiger partial charge in [-0.25, -0.2) is 4.98 Å². The standard InChI is InChI=1S/C20H22N4O4S/c1-13-17(14(2)28-23-13)12-29-19-16(7-4-8-21-19)20(26)24(3)11-18(25)22-10-15-6-5-9-27-15/h4-9H,10-12H2,1-3H3,(H,22,25). The Morgan fingerprint density at radius 3 is 2.76 bits per heavy atom. The molecule has 0 fully saturated rings. The zero-order valence-electron chi connectivity index (χ0n) is 16.5. The smallest absolute Gasteiger partial charge is 0.256 e. The van der Waals surface area contributed by atoms with E-state index in [1.807, 2.05) is 13.8 Å². The lowest BCUT2D eigenvalue weighted by atomic mass is 10.2. The fourth-order valence-electron chi connectivity index (χ4n) is 2.66. The van der Waals surface area contributed by atoms with Gasteiger partial charge in [-0.2, -0.15) is 0 Å². The van der Waals surface area contributed by atoms with Crippen LogP contribution in [-0.4, -0.2) is 40.4 Å². The molecule has 152 valence electrons. The first-order chi connectivity index (χ1) is 14.0. The minimum Gasteiger partial charge on any atom is -0.467 e. The second-order valence-corrected chi connectivity index (χ2v) is 7.43. The van der Waals surface area contributed by atoms with E-state index in [1.54, 1.807) is 43.8 Å². The Hall–Kier alpha value is -3.07. The van der Waals surface area contributed by atoms with Crippen molar-refractivity contribution in [1.82, 2.24) is 20.4 Å². The van der Waals surface area contributed by atoms with Gasteiger partial charge in [-0.15, -0.1) is 11.8 Å². The normalized spacial score (nSPS) is 10.7. The van der Waals surface area contributed by atoms with E-state index in [4.69, 9.17) is 8.94 Å². The van der Waals surface area contributed by atoms with E-state index in [0.29, 0.717) is 22.1 Å². The van der Waals surface area contributed by atoms with E-state index in [9.17, 15) is 9.59 Å². The van der Waals surface area contributed by atoms with Crippen molar-refractivity contribution in [2.24, 2.45) is 0 Å². The Morgan fingerprint density at radius 2 is 2.07 bits per heavy atom. The molecule has 8 nitrogen and oxygen atoms in total. The summed E-state index contributed by atoms with van der Waals surface area (Å²) in [6.45, 7) is 3.95. The Kier molecular flexibility index (Phi) is 6.71. The van der Waals surface area contributed by atoms with E-state index in [1.165, 1.54) is 16.7 Å². The number of carbonyl (C=O) groups excluding carboxylic acids is 2. The van der Waals surface area contributed by atoms with E-state index >= 15 is 0 Å². The molecule has 0 aliphatic heterocycles. The number of carbonyl (C=O) groups is 2. The third-order valence-electron chi connectivity index (χ3n) is 4.30. The lowest BCUT2D eigenvalue weighted by molar-refractivity contribution is -0.121. The molecule has 29 heavy (non-hydrogen) atoms. The molecule has 3 rings (SSSR count). The first-order valence-corrected chi connectivity index (χ1v) is 9.98. The molecule has 0 aliphatic rings. The Morgan fingerprint density at radius 1 is 1.24 bits per heavy atom. The molecule has 9 heteroatoms. The average Bonchev–Trinajstić information content (AvgIpc) is 3.34. The van der Waals surface area contributed by atoms with Crippen LogP contribution in [0.3, 0.4) is 0 Å². The Labute approximate surface area is 172 Å². The predicted octanol–water partition coefficient (Wildman–Crippen LogP) is 2.96. The number of amides is 2. The first-order valence-electron chi connectivity index (χ1n) is 8.99. The summed E-state index contributed by atoms with van der Waals surface area (Å²) in [4.78, 5) is 30.7. The number of furan rings is 1. The van der Waals surface area contributed by atoms with Crippen LogP contribution in [0.2, 0.25) is 0 Å². The number of aromatic nitrogens is 2. The number of pyridine rings is 1. The van der Waals surface area contributed by atoms with Gasteiger partial charge in [0.1, 0.15) is 16.5 Å². The molecule has 0 radical (unpaired) electrons. The molecule has 3 aromatic heterocycles. The summed E-state index contributed by atoms with van der Waals surface area (Å²) in [6.07, 6.45) is 3.18. The molecule has 0 bridgehead atoms. The number of rotatable bonds is 8. The molecule has 2 amide bonds. The topological polar surface area (TPSA) is 101 Å². The molecule has 0 aromatic carbocycles. The molecule has 3 aromatic rings. The fourth-order valence-corrected chi connectivity index (χ4v) is 3.80. The van der Waals surface area contributed by atoms with Gasteiger partial charge in [-0.1, -0.05) is 5.16 Å². The molecular weight excluding hydrogens is 392 g/mol. The molecule has 1 N–H and O–H groups in total. The van der Waals surface area contributed by atoms with Crippen molar-refractivity contribution < 1.29 is 18.5 Å². The maximum atomic E-state index is 12.9. The molecule has 0 atom stereocenters. The molecule has 0 spiro atoms. The lowest BCUT2D eigenvalue weighted by Gasteiger charge is -2.18. The quantitative estimate of drug-likeness (QED) is 0.566. The number of nitrogens with zero attached hydrogens (tertiary/aromatic N) is 3. The van der Waals surface area contributed by atoms with Crippen molar-refractivity contribution in [1.29, 1.82) is 0 Å². The van der Waals surface area contributed by atoms with Crippen LogP contribution >= 0.6 is 11.8 Å². The van der Waals surface area contributed by atoms with Gasteiger partial charge < -0.3 is 19.2 Å². The average molecular weight is 414 g/mol. The van der Waals surface area contributed by atoms with Crippen molar-refractivity contribution in [3.05, 3.63) is 65.1 Å². The predicted molar refractivity (Wildman–Crippen MR) is 107 cm³/mol. The van der Waals surface area contributed by atoms with Gasteiger partial charge in [0.05, 0.1) is 30.6 Å². The van der Waals surface area contributed by atoms with Gasteiger partial charge in [-0.05, 0) is 38.1 Å². The number of hydrogen-bond acceptors (Lipinski definition) is 7. The summed E-state index contributed by atoms with van der Waals surface area (Å²) < 4.78 is 10.4. The van der Waals surface area contributed by atoms with E-state index in [-0.39, 0.29) is 24.9 Å². The van der Waals surface area contributed by atoms with Gasteiger partial charge in [0, 0.05) is 24.6 Å². The van der Waals surface area contributed by atoms with Crippen molar-refractivity contribution in [3.8, 4) is 0 Å². The zero-order valence-corrected chi connectivity index (χ0v) is 17.3. The summed E-state index contributed by atoms with van der Waals surface area (Å²) in [7, 11) is 1.59. The number of likely N-dealkylation sites (N-methyl/N-ethyl adjacent to an activating group) is 1. The van der Waals surface area contributed by atoms with Crippen LogP contribution in [0.25, 0.3) is 0 Å². The third-order valence-corrected chi connectivity index (χ3v) is 5.34. The van der Waals surface area contributed by atoms with Crippen LogP contribution in [-0.2, 0) is 17.1 Å². The van der Waals surface area contributed by atoms with Gasteiger partial charge in [0.2, 0.25) is 5.91 Å². The molecule has 0 saturated heterocycles. The Bertz CT molecular complexity index is 965. The highest BCUT2D eigenvalue weighted by atomic mass is 32.2. The highest BCUT2D eigenvalue weighted by molar-refractivity contribution is 7.98. The zero-order chi connectivity index (χ0) is 20.8. The van der Waals surface area contributed by atoms with Crippen molar-refractivity contribution in [3.63, 3.8) is 0 Å². The monoisotopic (exact) mass is 414 g/mol. The van der Waals surface area contributed by atoms with E-state index in [0.717, 1.165) is 17.0 Å².